The highest BCUT2D eigenvalue weighted by Gasteiger charge is 2.28. The number of nitriles is 1. The van der Waals surface area contributed by atoms with Crippen LogP contribution in [0, 0.1) is 24.1 Å². The zero-order valence-electron chi connectivity index (χ0n) is 16.3. The Morgan fingerprint density at radius 1 is 1.20 bits per heavy atom. The van der Waals surface area contributed by atoms with Crippen LogP contribution in [-0.2, 0) is 10.0 Å². The number of halogens is 2. The number of nitrogens with zero attached hydrogens (tertiary/aromatic N) is 3. The van der Waals surface area contributed by atoms with Gasteiger partial charge >= 0.3 is 0 Å². The van der Waals surface area contributed by atoms with Crippen molar-refractivity contribution in [3.8, 4) is 6.07 Å². The number of ketones is 1. The summed E-state index contributed by atoms with van der Waals surface area (Å²) < 4.78 is 41.9. The van der Waals surface area contributed by atoms with Gasteiger partial charge in [0.25, 0.3) is 10.0 Å². The van der Waals surface area contributed by atoms with Crippen LogP contribution in [0.5, 0.6) is 0 Å². The lowest BCUT2D eigenvalue weighted by Gasteiger charge is -2.12. The quantitative estimate of drug-likeness (QED) is 0.304. The second-order valence-corrected chi connectivity index (χ2v) is 9.53. The van der Waals surface area contributed by atoms with Crippen molar-refractivity contribution in [3.05, 3.63) is 75.8 Å². The van der Waals surface area contributed by atoms with Crippen molar-refractivity contribution < 1.29 is 17.6 Å². The topological polar surface area (TPSA) is 83.2 Å². The van der Waals surface area contributed by atoms with Gasteiger partial charge in [0.15, 0.2) is 0 Å². The van der Waals surface area contributed by atoms with Crippen molar-refractivity contribution in [3.63, 3.8) is 0 Å². The van der Waals surface area contributed by atoms with Gasteiger partial charge in [-0.3, -0.25) is 4.79 Å². The number of fused-ring (bicyclic) bond motifs is 1. The van der Waals surface area contributed by atoms with Crippen LogP contribution in [-0.4, -0.2) is 37.2 Å². The van der Waals surface area contributed by atoms with Crippen LogP contribution < -0.4 is 0 Å². The van der Waals surface area contributed by atoms with Crippen molar-refractivity contribution in [2.75, 3.05) is 14.1 Å². The molecule has 6 nitrogen and oxygen atoms in total. The maximum Gasteiger partial charge on any atom is 0.268 e. The third-order valence-corrected chi connectivity index (χ3v) is 6.69. The standard InChI is InChI=1S/C21H17BrFN3O3S/c1-13-4-6-16(7-5-13)30(28,29)26-19-10-17(22)18(23)8-14(19)9-20(26)21(27)15(11-24)12-25(2)3/h4-10,12H,1-3H3. The normalized spacial score (nSPS) is 12.1. The minimum Gasteiger partial charge on any atom is -0.382 e. The van der Waals surface area contributed by atoms with E-state index in [1.165, 1.54) is 35.4 Å². The Kier molecular flexibility index (Phi) is 5.83. The third-order valence-electron chi connectivity index (χ3n) is 4.34. The van der Waals surface area contributed by atoms with Gasteiger partial charge in [-0.2, -0.15) is 5.26 Å². The highest BCUT2D eigenvalue weighted by atomic mass is 79.9. The molecule has 1 aromatic heterocycles. The van der Waals surface area contributed by atoms with Gasteiger partial charge in [0.1, 0.15) is 23.2 Å². The number of Topliss-reactive ketones (excluding diaryl/α,β-unsaturated/α-hetero) is 1. The van der Waals surface area contributed by atoms with Crippen molar-refractivity contribution in [2.45, 2.75) is 11.8 Å². The van der Waals surface area contributed by atoms with Gasteiger partial charge in [0.05, 0.1) is 14.9 Å². The molecule has 0 unspecified atom stereocenters. The van der Waals surface area contributed by atoms with E-state index in [-0.39, 0.29) is 31.5 Å². The molecule has 2 aromatic carbocycles. The summed E-state index contributed by atoms with van der Waals surface area (Å²) in [6.07, 6.45) is 1.30. The highest BCUT2D eigenvalue weighted by molar-refractivity contribution is 9.10. The number of rotatable bonds is 5. The zero-order valence-corrected chi connectivity index (χ0v) is 18.8. The molecule has 0 saturated carbocycles. The molecular weight excluding hydrogens is 473 g/mol. The first-order valence-electron chi connectivity index (χ1n) is 8.72. The zero-order chi connectivity index (χ0) is 22.2. The van der Waals surface area contributed by atoms with Crippen LogP contribution in [0.3, 0.4) is 0 Å². The van der Waals surface area contributed by atoms with Gasteiger partial charge in [-0.05, 0) is 53.2 Å². The lowest BCUT2D eigenvalue weighted by Crippen LogP contribution is -2.20. The molecule has 0 bridgehead atoms. The number of carbonyl (C=O) groups excluding carboxylic acids is 1. The molecule has 30 heavy (non-hydrogen) atoms. The summed E-state index contributed by atoms with van der Waals surface area (Å²) in [5, 5.41) is 9.64. The molecule has 0 radical (unpaired) electrons. The number of hydrogen-bond donors (Lipinski definition) is 0. The Labute approximate surface area is 182 Å². The highest BCUT2D eigenvalue weighted by Crippen LogP contribution is 2.31. The van der Waals surface area contributed by atoms with Crippen LogP contribution in [0.15, 0.2) is 63.6 Å². The largest absolute Gasteiger partial charge is 0.382 e. The minimum absolute atomic E-state index is 0.0322. The number of carbonyl (C=O) groups is 1. The molecule has 154 valence electrons. The van der Waals surface area contributed by atoms with Crippen molar-refractivity contribution in [1.82, 2.24) is 8.87 Å². The van der Waals surface area contributed by atoms with Crippen LogP contribution >= 0.6 is 15.9 Å². The maximum atomic E-state index is 14.1. The van der Waals surface area contributed by atoms with Crippen molar-refractivity contribution in [2.24, 2.45) is 0 Å². The van der Waals surface area contributed by atoms with Gasteiger partial charge in [0.2, 0.25) is 5.78 Å². The van der Waals surface area contributed by atoms with E-state index in [4.69, 9.17) is 0 Å². The number of aryl methyl sites for hydroxylation is 1. The van der Waals surface area contributed by atoms with E-state index in [0.717, 1.165) is 15.6 Å². The van der Waals surface area contributed by atoms with Crippen LogP contribution in [0.4, 0.5) is 4.39 Å². The molecular formula is C21H17BrFN3O3S. The summed E-state index contributed by atoms with van der Waals surface area (Å²) in [5.74, 6) is -1.38. The van der Waals surface area contributed by atoms with Crippen LogP contribution in [0.1, 0.15) is 16.1 Å². The summed E-state index contributed by atoms with van der Waals surface area (Å²) >= 11 is 3.07. The van der Waals surface area contributed by atoms with Gasteiger partial charge in [-0.1, -0.05) is 17.7 Å². The smallest absolute Gasteiger partial charge is 0.268 e. The monoisotopic (exact) mass is 489 g/mol. The molecule has 3 rings (SSSR count). The Morgan fingerprint density at radius 2 is 1.83 bits per heavy atom. The van der Waals surface area contributed by atoms with Gasteiger partial charge in [0, 0.05) is 25.7 Å². The number of allylic oxidation sites excluding steroid dienone is 1. The molecule has 0 fully saturated rings. The Bertz CT molecular complexity index is 1330. The SMILES string of the molecule is Cc1ccc(S(=O)(=O)n2c(C(=O)C(C#N)=CN(C)C)cc3cc(F)c(Br)cc32)cc1. The number of hydrogen-bond acceptors (Lipinski definition) is 5. The van der Waals surface area contributed by atoms with Crippen LogP contribution in [0.2, 0.25) is 0 Å². The first-order valence-corrected chi connectivity index (χ1v) is 11.0. The van der Waals surface area contributed by atoms with E-state index in [1.807, 2.05) is 6.92 Å². The van der Waals surface area contributed by atoms with Gasteiger partial charge in [-0.25, -0.2) is 16.8 Å². The predicted molar refractivity (Wildman–Crippen MR) is 115 cm³/mol. The van der Waals surface area contributed by atoms with Gasteiger partial charge < -0.3 is 4.90 Å². The lowest BCUT2D eigenvalue weighted by atomic mass is 10.1. The molecule has 9 heteroatoms. The molecule has 0 aliphatic carbocycles. The third kappa shape index (κ3) is 3.88. The average Bonchev–Trinajstić information content (AvgIpc) is 3.05. The average molecular weight is 490 g/mol. The molecule has 0 atom stereocenters. The Morgan fingerprint density at radius 3 is 2.40 bits per heavy atom. The fraction of sp³-hybridized carbons (Fsp3) is 0.143. The van der Waals surface area contributed by atoms with Crippen LogP contribution in [0.25, 0.3) is 10.9 Å². The van der Waals surface area contributed by atoms with E-state index in [2.05, 4.69) is 15.9 Å². The number of aromatic nitrogens is 1. The summed E-state index contributed by atoms with van der Waals surface area (Å²) in [6.45, 7) is 1.82. The predicted octanol–water partition coefficient (Wildman–Crippen LogP) is 4.24. The van der Waals surface area contributed by atoms with Gasteiger partial charge in [-0.15, -0.1) is 0 Å². The minimum atomic E-state index is -4.21. The second-order valence-electron chi connectivity index (χ2n) is 6.88. The molecule has 0 spiro atoms. The summed E-state index contributed by atoms with van der Waals surface area (Å²) in [5.41, 5.74) is 0.489. The molecule has 0 aliphatic heterocycles. The Hall–Kier alpha value is -2.96. The van der Waals surface area contributed by atoms with E-state index in [9.17, 15) is 22.9 Å². The van der Waals surface area contributed by atoms with E-state index in [0.29, 0.717) is 0 Å². The fourth-order valence-corrected chi connectivity index (χ4v) is 4.78. The molecule has 3 aromatic rings. The second kappa shape index (κ2) is 8.05. The number of benzene rings is 2. The summed E-state index contributed by atoms with van der Waals surface area (Å²) in [4.78, 5) is 14.6. The lowest BCUT2D eigenvalue weighted by molar-refractivity contribution is 0.103. The summed E-state index contributed by atoms with van der Waals surface area (Å²) in [7, 11) is -0.943. The Balaban J connectivity index is 2.38. The molecule has 0 amide bonds. The molecule has 0 N–H and O–H groups in total. The summed E-state index contributed by atoms with van der Waals surface area (Å²) in [6, 6.07) is 11.7. The van der Waals surface area contributed by atoms with E-state index in [1.54, 1.807) is 32.3 Å². The fourth-order valence-electron chi connectivity index (χ4n) is 2.95. The van der Waals surface area contributed by atoms with E-state index >= 15 is 0 Å². The molecule has 0 aliphatic rings. The van der Waals surface area contributed by atoms with Crippen molar-refractivity contribution in [1.29, 1.82) is 5.26 Å². The molecule has 0 saturated heterocycles. The molecule has 1 heterocycles. The first-order chi connectivity index (χ1) is 14.1. The van der Waals surface area contributed by atoms with E-state index < -0.39 is 21.6 Å². The maximum absolute atomic E-state index is 14.1. The first kappa shape index (κ1) is 21.7. The van der Waals surface area contributed by atoms with Crippen molar-refractivity contribution >= 4 is 42.6 Å².